The summed E-state index contributed by atoms with van der Waals surface area (Å²) in [7, 11) is 0. The summed E-state index contributed by atoms with van der Waals surface area (Å²) in [6, 6.07) is 8.93. The van der Waals surface area contributed by atoms with E-state index in [0.29, 0.717) is 17.7 Å². The van der Waals surface area contributed by atoms with Gasteiger partial charge < -0.3 is 14.2 Å². The molecule has 0 saturated carbocycles. The first kappa shape index (κ1) is 14.6. The fourth-order valence-electron chi connectivity index (χ4n) is 2.23. The average molecular weight is 276 g/mol. The van der Waals surface area contributed by atoms with E-state index in [1.807, 2.05) is 32.0 Å². The van der Waals surface area contributed by atoms with Gasteiger partial charge in [0.1, 0.15) is 12.7 Å². The van der Waals surface area contributed by atoms with Gasteiger partial charge in [-0.1, -0.05) is 24.8 Å². The number of allylic oxidation sites excluding steroid dienone is 1. The van der Waals surface area contributed by atoms with Crippen LogP contribution in [-0.2, 0) is 14.2 Å². The molecule has 3 atom stereocenters. The Labute approximate surface area is 119 Å². The first-order valence-corrected chi connectivity index (χ1v) is 6.76. The summed E-state index contributed by atoms with van der Waals surface area (Å²) in [6.45, 7) is 7.74. The zero-order valence-electron chi connectivity index (χ0n) is 11.9. The maximum Gasteiger partial charge on any atom is 0.338 e. The molecule has 1 aliphatic heterocycles. The fraction of sp³-hybridized carbons (Fsp3) is 0.438. The smallest absolute Gasteiger partial charge is 0.338 e. The Hall–Kier alpha value is -1.81. The minimum atomic E-state index is -0.328. The van der Waals surface area contributed by atoms with Crippen LogP contribution in [0.15, 0.2) is 42.7 Å². The predicted molar refractivity (Wildman–Crippen MR) is 75.4 cm³/mol. The topological polar surface area (TPSA) is 44.8 Å². The van der Waals surface area contributed by atoms with Gasteiger partial charge in [-0.25, -0.2) is 4.79 Å². The van der Waals surface area contributed by atoms with Gasteiger partial charge in [0.15, 0.2) is 0 Å². The lowest BCUT2D eigenvalue weighted by Gasteiger charge is -2.15. The second kappa shape index (κ2) is 6.57. The standard InChI is InChI=1S/C16H20O4/c1-11(2)19-15-9-14(20-12(15)3)10-18-16(17)13-7-5-4-6-8-13/h4-8,12,14-15H,1,9-10H2,2-3H3/t12-,14-,15+/m0/s1. The minimum Gasteiger partial charge on any atom is -0.493 e. The van der Waals surface area contributed by atoms with E-state index in [1.54, 1.807) is 12.1 Å². The van der Waals surface area contributed by atoms with Gasteiger partial charge in [0, 0.05) is 6.42 Å². The van der Waals surface area contributed by atoms with Crippen LogP contribution in [0.25, 0.3) is 0 Å². The van der Waals surface area contributed by atoms with Crippen molar-refractivity contribution < 1.29 is 19.0 Å². The number of esters is 1. The first-order valence-electron chi connectivity index (χ1n) is 6.76. The normalized spacial score (nSPS) is 25.2. The van der Waals surface area contributed by atoms with Gasteiger partial charge in [-0.15, -0.1) is 0 Å². The molecule has 1 fully saturated rings. The van der Waals surface area contributed by atoms with Gasteiger partial charge in [0.05, 0.1) is 23.5 Å². The van der Waals surface area contributed by atoms with Crippen molar-refractivity contribution in [3.05, 3.63) is 48.2 Å². The van der Waals surface area contributed by atoms with E-state index in [2.05, 4.69) is 6.58 Å². The minimum absolute atomic E-state index is 0.0204. The molecule has 0 bridgehead atoms. The van der Waals surface area contributed by atoms with Gasteiger partial charge in [-0.2, -0.15) is 0 Å². The Morgan fingerprint density at radius 1 is 1.40 bits per heavy atom. The number of carbonyl (C=O) groups is 1. The van der Waals surface area contributed by atoms with E-state index in [9.17, 15) is 4.79 Å². The number of rotatable bonds is 5. The van der Waals surface area contributed by atoms with Gasteiger partial charge >= 0.3 is 5.97 Å². The fourth-order valence-corrected chi connectivity index (χ4v) is 2.23. The number of benzene rings is 1. The largest absolute Gasteiger partial charge is 0.493 e. The summed E-state index contributed by atoms with van der Waals surface area (Å²) in [4.78, 5) is 11.8. The summed E-state index contributed by atoms with van der Waals surface area (Å²) in [5.74, 6) is 0.346. The molecule has 0 aliphatic carbocycles. The Morgan fingerprint density at radius 3 is 2.75 bits per heavy atom. The number of hydrogen-bond donors (Lipinski definition) is 0. The molecule has 1 aromatic carbocycles. The molecular formula is C16H20O4. The molecular weight excluding hydrogens is 256 g/mol. The quantitative estimate of drug-likeness (QED) is 0.612. The lowest BCUT2D eigenvalue weighted by atomic mass is 10.1. The van der Waals surface area contributed by atoms with Crippen LogP contribution in [0.3, 0.4) is 0 Å². The lowest BCUT2D eigenvalue weighted by Crippen LogP contribution is -2.19. The third-order valence-corrected chi connectivity index (χ3v) is 3.19. The van der Waals surface area contributed by atoms with Crippen molar-refractivity contribution in [3.8, 4) is 0 Å². The molecule has 108 valence electrons. The van der Waals surface area contributed by atoms with E-state index in [0.717, 1.165) is 0 Å². The monoisotopic (exact) mass is 276 g/mol. The first-order chi connectivity index (χ1) is 9.56. The second-order valence-corrected chi connectivity index (χ2v) is 5.02. The maximum atomic E-state index is 11.8. The molecule has 0 unspecified atom stereocenters. The van der Waals surface area contributed by atoms with Crippen molar-refractivity contribution in [2.45, 2.75) is 38.6 Å². The Balaban J connectivity index is 1.81. The van der Waals surface area contributed by atoms with Crippen LogP contribution in [0.1, 0.15) is 30.6 Å². The molecule has 1 aliphatic rings. The Morgan fingerprint density at radius 2 is 2.10 bits per heavy atom. The molecule has 0 N–H and O–H groups in total. The summed E-state index contributed by atoms with van der Waals surface area (Å²) >= 11 is 0. The van der Waals surface area contributed by atoms with E-state index < -0.39 is 0 Å². The van der Waals surface area contributed by atoms with Gasteiger partial charge in [-0.05, 0) is 26.0 Å². The zero-order chi connectivity index (χ0) is 14.5. The predicted octanol–water partition coefficient (Wildman–Crippen LogP) is 2.94. The van der Waals surface area contributed by atoms with Crippen molar-refractivity contribution in [1.82, 2.24) is 0 Å². The van der Waals surface area contributed by atoms with Crippen LogP contribution in [-0.4, -0.2) is 30.9 Å². The molecule has 4 nitrogen and oxygen atoms in total. The van der Waals surface area contributed by atoms with E-state index >= 15 is 0 Å². The molecule has 1 heterocycles. The van der Waals surface area contributed by atoms with E-state index in [1.165, 1.54) is 0 Å². The maximum absolute atomic E-state index is 11.8. The number of hydrogen-bond acceptors (Lipinski definition) is 4. The average Bonchev–Trinajstić information content (AvgIpc) is 2.77. The van der Waals surface area contributed by atoms with Crippen molar-refractivity contribution >= 4 is 5.97 Å². The van der Waals surface area contributed by atoms with Crippen LogP contribution in [0.4, 0.5) is 0 Å². The number of carbonyl (C=O) groups excluding carboxylic acids is 1. The SMILES string of the molecule is C=C(C)O[C@@H]1C[C@@H](COC(=O)c2ccccc2)O[C@H]1C. The van der Waals surface area contributed by atoms with Gasteiger partial charge in [0.2, 0.25) is 0 Å². The lowest BCUT2D eigenvalue weighted by molar-refractivity contribution is -0.0166. The molecule has 4 heteroatoms. The van der Waals surface area contributed by atoms with Crippen molar-refractivity contribution in [2.75, 3.05) is 6.61 Å². The molecule has 20 heavy (non-hydrogen) atoms. The van der Waals surface area contributed by atoms with Crippen LogP contribution in [0, 0.1) is 0 Å². The molecule has 0 radical (unpaired) electrons. The van der Waals surface area contributed by atoms with E-state index in [-0.39, 0.29) is 30.9 Å². The summed E-state index contributed by atoms with van der Waals surface area (Å²) in [5.41, 5.74) is 0.549. The van der Waals surface area contributed by atoms with Crippen LogP contribution >= 0.6 is 0 Å². The molecule has 0 aromatic heterocycles. The molecule has 1 saturated heterocycles. The molecule has 2 rings (SSSR count). The zero-order valence-corrected chi connectivity index (χ0v) is 11.9. The molecule has 0 spiro atoms. The highest BCUT2D eigenvalue weighted by molar-refractivity contribution is 5.89. The Bertz CT molecular complexity index is 469. The third-order valence-electron chi connectivity index (χ3n) is 3.19. The number of ether oxygens (including phenoxy) is 3. The van der Waals surface area contributed by atoms with Crippen molar-refractivity contribution in [2.24, 2.45) is 0 Å². The van der Waals surface area contributed by atoms with E-state index in [4.69, 9.17) is 14.2 Å². The molecule has 0 amide bonds. The van der Waals surface area contributed by atoms with Crippen LogP contribution in [0.5, 0.6) is 0 Å². The van der Waals surface area contributed by atoms with Crippen molar-refractivity contribution in [1.29, 1.82) is 0 Å². The van der Waals surface area contributed by atoms with Crippen molar-refractivity contribution in [3.63, 3.8) is 0 Å². The molecule has 1 aromatic rings. The van der Waals surface area contributed by atoms with Gasteiger partial charge in [-0.3, -0.25) is 0 Å². The van der Waals surface area contributed by atoms with Crippen LogP contribution in [0.2, 0.25) is 0 Å². The highest BCUT2D eigenvalue weighted by atomic mass is 16.6. The highest BCUT2D eigenvalue weighted by Gasteiger charge is 2.34. The summed E-state index contributed by atoms with van der Waals surface area (Å²) in [6.07, 6.45) is 0.540. The second-order valence-electron chi connectivity index (χ2n) is 5.02. The summed E-state index contributed by atoms with van der Waals surface area (Å²) < 4.78 is 16.6. The highest BCUT2D eigenvalue weighted by Crippen LogP contribution is 2.25. The Kier molecular flexibility index (Phi) is 4.79. The van der Waals surface area contributed by atoms with Crippen LogP contribution < -0.4 is 0 Å². The van der Waals surface area contributed by atoms with Gasteiger partial charge in [0.25, 0.3) is 0 Å². The summed E-state index contributed by atoms with van der Waals surface area (Å²) in [5, 5.41) is 0. The third kappa shape index (κ3) is 3.84.